The molecule has 1 aromatic carbocycles. The van der Waals surface area contributed by atoms with Gasteiger partial charge in [0.1, 0.15) is 5.69 Å². The summed E-state index contributed by atoms with van der Waals surface area (Å²) in [5, 5.41) is 6.81. The van der Waals surface area contributed by atoms with Crippen LogP contribution in [0.5, 0.6) is 0 Å². The Morgan fingerprint density at radius 2 is 2.00 bits per heavy atom. The number of nitrogens with one attached hydrogen (secondary N) is 1. The normalized spacial score (nSPS) is 10.5. The summed E-state index contributed by atoms with van der Waals surface area (Å²) in [6, 6.07) is 11.7. The minimum absolute atomic E-state index is 0.207. The summed E-state index contributed by atoms with van der Waals surface area (Å²) in [5.41, 5.74) is 6.76. The topological polar surface area (TPSA) is 103 Å². The minimum atomic E-state index is -0.613. The fraction of sp³-hybridized carbons (Fsp3) is 0.0625. The molecule has 3 aromatic rings. The lowest BCUT2D eigenvalue weighted by Crippen LogP contribution is -2.18. The highest BCUT2D eigenvalue weighted by Gasteiger charge is 2.17. The van der Waals surface area contributed by atoms with Gasteiger partial charge in [-0.1, -0.05) is 12.1 Å². The van der Waals surface area contributed by atoms with Crippen molar-refractivity contribution in [3.63, 3.8) is 0 Å². The van der Waals surface area contributed by atoms with Crippen LogP contribution in [0.1, 0.15) is 20.8 Å². The number of carbonyl (C=O) groups is 2. The monoisotopic (exact) mass is 310 g/mol. The molecule has 0 fully saturated rings. The summed E-state index contributed by atoms with van der Waals surface area (Å²) in [5.74, 6) is -0.443. The van der Waals surface area contributed by atoms with E-state index in [-0.39, 0.29) is 11.3 Å². The number of aryl methyl sites for hydroxylation is 1. The number of amides is 2. The van der Waals surface area contributed by atoms with Gasteiger partial charge in [-0.15, -0.1) is 0 Å². The molecule has 2 amide bonds. The number of nitrogens with zero attached hydrogens (tertiary/aromatic N) is 2. The number of para-hydroxylation sites is 1. The van der Waals surface area contributed by atoms with Crippen LogP contribution in [0.15, 0.2) is 53.1 Å². The van der Waals surface area contributed by atoms with Crippen LogP contribution in [-0.2, 0) is 7.05 Å². The fourth-order valence-electron chi connectivity index (χ4n) is 2.23. The van der Waals surface area contributed by atoms with Gasteiger partial charge in [0.15, 0.2) is 11.5 Å². The Labute approximate surface area is 131 Å². The summed E-state index contributed by atoms with van der Waals surface area (Å²) in [4.78, 5) is 23.7. The van der Waals surface area contributed by atoms with E-state index in [1.807, 2.05) is 0 Å². The molecule has 0 aliphatic carbocycles. The molecule has 0 saturated heterocycles. The zero-order valence-electron chi connectivity index (χ0n) is 12.3. The molecule has 0 aliphatic heterocycles. The molecule has 3 N–H and O–H groups in total. The Kier molecular flexibility index (Phi) is 3.68. The van der Waals surface area contributed by atoms with E-state index in [2.05, 4.69) is 10.4 Å². The van der Waals surface area contributed by atoms with Gasteiger partial charge in [0.2, 0.25) is 0 Å². The predicted octanol–water partition coefficient (Wildman–Crippen LogP) is 2.03. The molecular weight excluding hydrogens is 296 g/mol. The van der Waals surface area contributed by atoms with Crippen molar-refractivity contribution in [2.45, 2.75) is 0 Å². The number of hydrogen-bond donors (Lipinski definition) is 2. The van der Waals surface area contributed by atoms with E-state index in [1.165, 1.54) is 0 Å². The summed E-state index contributed by atoms with van der Waals surface area (Å²) < 4.78 is 6.86. The zero-order chi connectivity index (χ0) is 16.4. The van der Waals surface area contributed by atoms with Gasteiger partial charge in [-0.3, -0.25) is 14.3 Å². The molecule has 0 aliphatic rings. The third-order valence-electron chi connectivity index (χ3n) is 3.33. The Bertz CT molecular complexity index is 865. The lowest BCUT2D eigenvalue weighted by atomic mass is 10.1. The van der Waals surface area contributed by atoms with E-state index >= 15 is 0 Å². The van der Waals surface area contributed by atoms with Gasteiger partial charge in [-0.05, 0) is 24.3 Å². The van der Waals surface area contributed by atoms with Crippen LogP contribution in [0.2, 0.25) is 0 Å². The van der Waals surface area contributed by atoms with Gasteiger partial charge in [-0.25, -0.2) is 0 Å². The number of carbonyl (C=O) groups excluding carboxylic acids is 2. The smallest absolute Gasteiger partial charge is 0.276 e. The molecule has 7 heteroatoms. The van der Waals surface area contributed by atoms with E-state index in [0.29, 0.717) is 17.1 Å². The highest BCUT2D eigenvalue weighted by Crippen LogP contribution is 2.21. The highest BCUT2D eigenvalue weighted by molar-refractivity contribution is 6.08. The summed E-state index contributed by atoms with van der Waals surface area (Å²) >= 11 is 0. The number of nitrogens with two attached hydrogens (primary N) is 1. The maximum Gasteiger partial charge on any atom is 0.276 e. The molecule has 0 radical (unpaired) electrons. The standard InChI is InChI=1S/C16H14N4O3/c1-20-13(14-7-4-8-23-14)9-12(19-20)16(22)18-11-6-3-2-5-10(11)15(17)21/h2-9H,1H3,(H2,17,21)(H,18,22). The third kappa shape index (κ3) is 2.84. The van der Waals surface area contributed by atoms with Crippen molar-refractivity contribution in [3.8, 4) is 11.5 Å². The lowest BCUT2D eigenvalue weighted by molar-refractivity contribution is 0.100. The van der Waals surface area contributed by atoms with Crippen molar-refractivity contribution >= 4 is 17.5 Å². The van der Waals surface area contributed by atoms with Gasteiger partial charge < -0.3 is 15.5 Å². The molecule has 2 aromatic heterocycles. The second kappa shape index (κ2) is 5.80. The molecule has 0 unspecified atom stereocenters. The first-order chi connectivity index (χ1) is 11.1. The molecule has 23 heavy (non-hydrogen) atoms. The third-order valence-corrected chi connectivity index (χ3v) is 3.33. The van der Waals surface area contributed by atoms with E-state index in [4.69, 9.17) is 10.2 Å². The van der Waals surface area contributed by atoms with E-state index < -0.39 is 11.8 Å². The summed E-state index contributed by atoms with van der Waals surface area (Å²) in [6.07, 6.45) is 1.55. The molecule has 0 saturated carbocycles. The number of benzene rings is 1. The molecular formula is C16H14N4O3. The molecule has 2 heterocycles. The van der Waals surface area contributed by atoms with Crippen molar-refractivity contribution < 1.29 is 14.0 Å². The fourth-order valence-corrected chi connectivity index (χ4v) is 2.23. The Hall–Kier alpha value is -3.35. The van der Waals surface area contributed by atoms with Crippen molar-refractivity contribution in [1.82, 2.24) is 9.78 Å². The molecule has 0 spiro atoms. The Morgan fingerprint density at radius 1 is 1.22 bits per heavy atom. The average Bonchev–Trinajstić information content (AvgIpc) is 3.16. The van der Waals surface area contributed by atoms with Gasteiger partial charge in [0.05, 0.1) is 17.5 Å². The number of aromatic nitrogens is 2. The van der Waals surface area contributed by atoms with Crippen LogP contribution < -0.4 is 11.1 Å². The SMILES string of the molecule is Cn1nc(C(=O)Nc2ccccc2C(N)=O)cc1-c1ccco1. The quantitative estimate of drug-likeness (QED) is 0.769. The molecule has 7 nitrogen and oxygen atoms in total. The Balaban J connectivity index is 1.88. The number of rotatable bonds is 4. The molecule has 3 rings (SSSR count). The van der Waals surface area contributed by atoms with Crippen molar-refractivity contribution in [2.75, 3.05) is 5.32 Å². The largest absolute Gasteiger partial charge is 0.463 e. The van der Waals surface area contributed by atoms with Crippen LogP contribution in [0.4, 0.5) is 5.69 Å². The van der Waals surface area contributed by atoms with Crippen molar-refractivity contribution in [1.29, 1.82) is 0 Å². The van der Waals surface area contributed by atoms with E-state index in [9.17, 15) is 9.59 Å². The second-order valence-electron chi connectivity index (χ2n) is 4.88. The van der Waals surface area contributed by atoms with Crippen LogP contribution >= 0.6 is 0 Å². The lowest BCUT2D eigenvalue weighted by Gasteiger charge is -2.07. The number of primary amides is 1. The maximum atomic E-state index is 12.4. The highest BCUT2D eigenvalue weighted by atomic mass is 16.3. The molecule has 0 atom stereocenters. The first kappa shape index (κ1) is 14.6. The molecule has 0 bridgehead atoms. The van der Waals surface area contributed by atoms with Crippen LogP contribution in [0, 0.1) is 0 Å². The van der Waals surface area contributed by atoms with Crippen LogP contribution in [-0.4, -0.2) is 21.6 Å². The van der Waals surface area contributed by atoms with Crippen LogP contribution in [0.3, 0.4) is 0 Å². The first-order valence-corrected chi connectivity index (χ1v) is 6.84. The zero-order valence-corrected chi connectivity index (χ0v) is 12.3. The maximum absolute atomic E-state index is 12.4. The van der Waals surface area contributed by atoms with Gasteiger partial charge in [0, 0.05) is 13.1 Å². The van der Waals surface area contributed by atoms with Gasteiger partial charge in [-0.2, -0.15) is 5.10 Å². The predicted molar refractivity (Wildman–Crippen MR) is 83.8 cm³/mol. The van der Waals surface area contributed by atoms with E-state index in [0.717, 1.165) is 0 Å². The van der Waals surface area contributed by atoms with Gasteiger partial charge in [0.25, 0.3) is 11.8 Å². The molecule has 116 valence electrons. The average molecular weight is 310 g/mol. The second-order valence-corrected chi connectivity index (χ2v) is 4.88. The number of hydrogen-bond acceptors (Lipinski definition) is 4. The number of anilines is 1. The van der Waals surface area contributed by atoms with Crippen molar-refractivity contribution in [2.24, 2.45) is 12.8 Å². The summed E-state index contributed by atoms with van der Waals surface area (Å²) in [7, 11) is 1.71. The minimum Gasteiger partial charge on any atom is -0.463 e. The van der Waals surface area contributed by atoms with Crippen LogP contribution in [0.25, 0.3) is 11.5 Å². The summed E-state index contributed by atoms with van der Waals surface area (Å²) in [6.45, 7) is 0. The van der Waals surface area contributed by atoms with E-state index in [1.54, 1.807) is 60.5 Å². The first-order valence-electron chi connectivity index (χ1n) is 6.84. The van der Waals surface area contributed by atoms with Gasteiger partial charge >= 0.3 is 0 Å². The van der Waals surface area contributed by atoms with Crippen molar-refractivity contribution in [3.05, 3.63) is 60.0 Å². The number of furan rings is 1. The Morgan fingerprint density at radius 3 is 2.70 bits per heavy atom.